The van der Waals surface area contributed by atoms with Crippen LogP contribution in [-0.2, 0) is 6.54 Å². The highest BCUT2D eigenvalue weighted by Crippen LogP contribution is 2.18. The van der Waals surface area contributed by atoms with Gasteiger partial charge in [0.1, 0.15) is 5.82 Å². The quantitative estimate of drug-likeness (QED) is 0.766. The van der Waals surface area contributed by atoms with Crippen molar-refractivity contribution in [1.29, 1.82) is 0 Å². The molecule has 2 heterocycles. The normalized spacial score (nSPS) is 15.0. The van der Waals surface area contributed by atoms with Gasteiger partial charge in [0.05, 0.1) is 0 Å². The van der Waals surface area contributed by atoms with E-state index < -0.39 is 0 Å². The first-order valence-corrected chi connectivity index (χ1v) is 9.03. The molecule has 1 saturated heterocycles. The van der Waals surface area contributed by atoms with Crippen LogP contribution >= 0.6 is 0 Å². The molecule has 3 aromatic rings. The Bertz CT molecular complexity index is 814. The van der Waals surface area contributed by atoms with E-state index in [2.05, 4.69) is 55.4 Å². The number of para-hydroxylation sites is 1. The molecule has 26 heavy (non-hydrogen) atoms. The molecule has 1 fully saturated rings. The molecule has 0 radical (unpaired) electrons. The topological polar surface area (TPSA) is 44.3 Å². The molecule has 1 aromatic heterocycles. The van der Waals surface area contributed by atoms with Crippen LogP contribution in [0, 0.1) is 0 Å². The number of hydrogen-bond acceptors (Lipinski definition) is 5. The molecule has 2 aromatic carbocycles. The van der Waals surface area contributed by atoms with Gasteiger partial charge in [-0.05, 0) is 23.8 Å². The van der Waals surface area contributed by atoms with Crippen molar-refractivity contribution in [2.45, 2.75) is 6.54 Å². The largest absolute Gasteiger partial charge is 0.354 e. The first-order chi connectivity index (χ1) is 12.9. The van der Waals surface area contributed by atoms with E-state index >= 15 is 0 Å². The highest BCUT2D eigenvalue weighted by Gasteiger charge is 2.18. The summed E-state index contributed by atoms with van der Waals surface area (Å²) in [6.45, 7) is 5.06. The van der Waals surface area contributed by atoms with Crippen molar-refractivity contribution in [2.75, 3.05) is 36.4 Å². The molecule has 132 valence electrons. The second kappa shape index (κ2) is 7.97. The summed E-state index contributed by atoms with van der Waals surface area (Å²) < 4.78 is 0. The number of piperazine rings is 1. The van der Waals surface area contributed by atoms with E-state index in [9.17, 15) is 0 Å². The molecule has 5 heteroatoms. The molecule has 1 aliphatic heterocycles. The zero-order valence-electron chi connectivity index (χ0n) is 14.8. The van der Waals surface area contributed by atoms with Crippen LogP contribution in [0.25, 0.3) is 0 Å². The number of hydrogen-bond donors (Lipinski definition) is 1. The summed E-state index contributed by atoms with van der Waals surface area (Å²) in [5, 5.41) is 3.27. The third kappa shape index (κ3) is 4.18. The average molecular weight is 345 g/mol. The Morgan fingerprint density at radius 2 is 1.50 bits per heavy atom. The van der Waals surface area contributed by atoms with Gasteiger partial charge in [0.15, 0.2) is 0 Å². The fraction of sp³-hybridized carbons (Fsp3) is 0.238. The molecule has 0 saturated carbocycles. The van der Waals surface area contributed by atoms with E-state index in [1.807, 2.05) is 42.6 Å². The Morgan fingerprint density at radius 3 is 2.23 bits per heavy atom. The van der Waals surface area contributed by atoms with Gasteiger partial charge >= 0.3 is 0 Å². The summed E-state index contributed by atoms with van der Waals surface area (Å²) in [5.41, 5.74) is 2.37. The second-order valence-corrected chi connectivity index (χ2v) is 6.48. The number of rotatable bonds is 5. The van der Waals surface area contributed by atoms with E-state index in [0.29, 0.717) is 5.95 Å². The fourth-order valence-electron chi connectivity index (χ4n) is 3.21. The lowest BCUT2D eigenvalue weighted by atomic mass is 10.2. The Balaban J connectivity index is 1.36. The lowest BCUT2D eigenvalue weighted by Crippen LogP contribution is -2.46. The number of anilines is 3. The van der Waals surface area contributed by atoms with Gasteiger partial charge in [-0.2, -0.15) is 4.98 Å². The van der Waals surface area contributed by atoms with Gasteiger partial charge in [-0.15, -0.1) is 0 Å². The van der Waals surface area contributed by atoms with Crippen molar-refractivity contribution < 1.29 is 0 Å². The number of benzene rings is 2. The van der Waals surface area contributed by atoms with Crippen LogP contribution in [0.5, 0.6) is 0 Å². The predicted molar refractivity (Wildman–Crippen MR) is 106 cm³/mol. The van der Waals surface area contributed by atoms with Gasteiger partial charge in [-0.3, -0.25) is 4.90 Å². The van der Waals surface area contributed by atoms with Crippen LogP contribution in [0.4, 0.5) is 17.5 Å². The molecular formula is C21H23N5. The molecule has 1 N–H and O–H groups in total. The monoisotopic (exact) mass is 345 g/mol. The van der Waals surface area contributed by atoms with Crippen molar-refractivity contribution in [3.05, 3.63) is 78.5 Å². The molecular weight excluding hydrogens is 322 g/mol. The van der Waals surface area contributed by atoms with Gasteiger partial charge in [0, 0.05) is 44.6 Å². The maximum absolute atomic E-state index is 4.69. The van der Waals surface area contributed by atoms with Crippen molar-refractivity contribution in [3.8, 4) is 0 Å². The van der Waals surface area contributed by atoms with Crippen molar-refractivity contribution in [1.82, 2.24) is 14.9 Å². The number of nitrogens with zero attached hydrogens (tertiary/aromatic N) is 4. The maximum Gasteiger partial charge on any atom is 0.229 e. The molecule has 0 atom stereocenters. The van der Waals surface area contributed by atoms with Crippen LogP contribution < -0.4 is 10.2 Å². The fourth-order valence-corrected chi connectivity index (χ4v) is 3.21. The molecule has 0 unspecified atom stereocenters. The SMILES string of the molecule is c1ccc(CN2CCN(c3ccnc(Nc4ccccc4)n3)CC2)cc1. The third-order valence-electron chi connectivity index (χ3n) is 4.62. The Morgan fingerprint density at radius 1 is 0.808 bits per heavy atom. The number of aromatic nitrogens is 2. The summed E-state index contributed by atoms with van der Waals surface area (Å²) in [4.78, 5) is 13.9. The molecule has 5 nitrogen and oxygen atoms in total. The molecule has 4 rings (SSSR count). The van der Waals surface area contributed by atoms with Crippen molar-refractivity contribution in [3.63, 3.8) is 0 Å². The zero-order chi connectivity index (χ0) is 17.6. The van der Waals surface area contributed by atoms with Gasteiger partial charge in [-0.1, -0.05) is 48.5 Å². The first-order valence-electron chi connectivity index (χ1n) is 9.03. The minimum atomic E-state index is 0.639. The smallest absolute Gasteiger partial charge is 0.229 e. The molecule has 1 aliphatic rings. The minimum absolute atomic E-state index is 0.639. The highest BCUT2D eigenvalue weighted by molar-refractivity contribution is 5.54. The Kier molecular flexibility index (Phi) is 5.07. The predicted octanol–water partition coefficient (Wildman–Crippen LogP) is 3.54. The second-order valence-electron chi connectivity index (χ2n) is 6.48. The lowest BCUT2D eigenvalue weighted by molar-refractivity contribution is 0.249. The highest BCUT2D eigenvalue weighted by atomic mass is 15.3. The Labute approximate surface area is 154 Å². The van der Waals surface area contributed by atoms with Crippen LogP contribution in [0.2, 0.25) is 0 Å². The van der Waals surface area contributed by atoms with Gasteiger partial charge in [-0.25, -0.2) is 4.98 Å². The summed E-state index contributed by atoms with van der Waals surface area (Å²) >= 11 is 0. The van der Waals surface area contributed by atoms with Crippen LogP contribution in [-0.4, -0.2) is 41.0 Å². The summed E-state index contributed by atoms with van der Waals surface area (Å²) in [5.74, 6) is 1.62. The standard InChI is InChI=1S/C21H23N5/c1-3-7-18(8-4-1)17-25-13-15-26(16-14-25)20-11-12-22-21(24-20)23-19-9-5-2-6-10-19/h1-12H,13-17H2,(H,22,23,24). The van der Waals surface area contributed by atoms with Crippen LogP contribution in [0.15, 0.2) is 72.9 Å². The van der Waals surface area contributed by atoms with E-state index in [0.717, 1.165) is 44.2 Å². The molecule has 0 amide bonds. The van der Waals surface area contributed by atoms with Gasteiger partial charge in [0.25, 0.3) is 0 Å². The maximum atomic E-state index is 4.69. The van der Waals surface area contributed by atoms with E-state index in [-0.39, 0.29) is 0 Å². The average Bonchev–Trinajstić information content (AvgIpc) is 2.70. The molecule has 0 spiro atoms. The zero-order valence-corrected chi connectivity index (χ0v) is 14.8. The van der Waals surface area contributed by atoms with Crippen LogP contribution in [0.3, 0.4) is 0 Å². The molecule has 0 aliphatic carbocycles. The van der Waals surface area contributed by atoms with E-state index in [1.54, 1.807) is 0 Å². The minimum Gasteiger partial charge on any atom is -0.354 e. The summed E-state index contributed by atoms with van der Waals surface area (Å²) in [6.07, 6.45) is 1.82. The summed E-state index contributed by atoms with van der Waals surface area (Å²) in [6, 6.07) is 22.7. The molecule has 0 bridgehead atoms. The number of nitrogens with one attached hydrogen (secondary N) is 1. The first kappa shape index (κ1) is 16.5. The Hall–Kier alpha value is -2.92. The van der Waals surface area contributed by atoms with E-state index in [1.165, 1.54) is 5.56 Å². The van der Waals surface area contributed by atoms with Gasteiger partial charge < -0.3 is 10.2 Å². The van der Waals surface area contributed by atoms with Crippen molar-refractivity contribution in [2.24, 2.45) is 0 Å². The summed E-state index contributed by atoms with van der Waals surface area (Å²) in [7, 11) is 0. The lowest BCUT2D eigenvalue weighted by Gasteiger charge is -2.35. The van der Waals surface area contributed by atoms with Crippen LogP contribution in [0.1, 0.15) is 5.56 Å². The third-order valence-corrected chi connectivity index (χ3v) is 4.62. The van der Waals surface area contributed by atoms with Gasteiger partial charge in [0.2, 0.25) is 5.95 Å². The van der Waals surface area contributed by atoms with E-state index in [4.69, 9.17) is 0 Å². The van der Waals surface area contributed by atoms with Crippen molar-refractivity contribution >= 4 is 17.5 Å².